The minimum Gasteiger partial charge on any atom is -0.481 e. The minimum atomic E-state index is -4.86. The molecule has 160 valence electrons. The van der Waals surface area contributed by atoms with Crippen LogP contribution in [-0.2, 0) is 6.18 Å². The van der Waals surface area contributed by atoms with Gasteiger partial charge in [0.1, 0.15) is 12.6 Å². The number of aromatic amines is 1. The summed E-state index contributed by atoms with van der Waals surface area (Å²) < 4.78 is 86.5. The third-order valence-corrected chi connectivity index (χ3v) is 5.49. The van der Waals surface area contributed by atoms with Crippen LogP contribution in [0.4, 0.5) is 32.0 Å². The van der Waals surface area contributed by atoms with Gasteiger partial charge in [-0.05, 0) is 13.0 Å². The molecule has 0 saturated carbocycles. The second kappa shape index (κ2) is 7.23. The summed E-state index contributed by atoms with van der Waals surface area (Å²) in [7, 11) is 0. The Balaban J connectivity index is 2.37. The second-order valence-electron chi connectivity index (χ2n) is 7.26. The zero-order chi connectivity index (χ0) is 21.6. The zero-order valence-electron chi connectivity index (χ0n) is 15.9. The summed E-state index contributed by atoms with van der Waals surface area (Å²) in [6.07, 6.45) is -8.35. The van der Waals surface area contributed by atoms with Crippen LogP contribution < -0.4 is 14.8 Å². The van der Waals surface area contributed by atoms with E-state index >= 15 is 0 Å². The van der Waals surface area contributed by atoms with Crippen LogP contribution in [0.1, 0.15) is 32.3 Å². The zero-order valence-corrected chi connectivity index (χ0v) is 15.9. The molecule has 2 heterocycles. The normalized spacial score (nSPS) is 22.4. The number of hydrogen-bond acceptors (Lipinski definition) is 2. The van der Waals surface area contributed by atoms with E-state index in [1.54, 1.807) is 6.92 Å². The molecule has 0 radical (unpaired) electrons. The lowest BCUT2D eigenvalue weighted by molar-refractivity contribution is -0.151. The number of hydrogen-bond donors (Lipinski definition) is 1. The fraction of sp³-hybridized carbons (Fsp3) is 0.526. The first-order valence-corrected chi connectivity index (χ1v) is 9.27. The lowest BCUT2D eigenvalue weighted by Crippen LogP contribution is -2.64. The monoisotopic (exact) mass is 423 g/mol. The fourth-order valence-electron chi connectivity index (χ4n) is 4.29. The minimum absolute atomic E-state index is 0.0384. The van der Waals surface area contributed by atoms with E-state index < -0.39 is 45.9 Å². The number of ether oxygens (including phenoxy) is 1. The third-order valence-electron chi connectivity index (χ3n) is 5.49. The Morgan fingerprint density at radius 3 is 2.41 bits per heavy atom. The molecule has 0 unspecified atom stereocenters. The van der Waals surface area contributed by atoms with Gasteiger partial charge < -0.3 is 9.72 Å². The van der Waals surface area contributed by atoms with Crippen molar-refractivity contribution >= 4 is 16.6 Å². The molecule has 1 aliphatic heterocycles. The summed E-state index contributed by atoms with van der Waals surface area (Å²) in [6, 6.07) is 2.43. The number of rotatable bonds is 4. The van der Waals surface area contributed by atoms with E-state index in [0.29, 0.717) is 18.9 Å². The molecular weight excluding hydrogens is 402 g/mol. The molecule has 4 nitrogen and oxygen atoms in total. The molecular formula is C19H21F6N2O2+. The number of H-pyrrole nitrogens is 1. The van der Waals surface area contributed by atoms with Gasteiger partial charge in [-0.3, -0.25) is 9.28 Å². The summed E-state index contributed by atoms with van der Waals surface area (Å²) in [5.74, 6) is -0.246. The molecule has 2 aromatic rings. The number of quaternary nitrogens is 1. The Bertz CT molecular complexity index is 966. The van der Waals surface area contributed by atoms with Gasteiger partial charge in [-0.2, -0.15) is 26.3 Å². The van der Waals surface area contributed by atoms with Crippen LogP contribution in [0, 0.1) is 0 Å². The van der Waals surface area contributed by atoms with E-state index in [1.165, 1.54) is 12.1 Å². The predicted molar refractivity (Wildman–Crippen MR) is 97.0 cm³/mol. The van der Waals surface area contributed by atoms with Gasteiger partial charge >= 0.3 is 12.4 Å². The predicted octanol–water partition coefficient (Wildman–Crippen LogP) is 5.00. The van der Waals surface area contributed by atoms with Gasteiger partial charge in [0.15, 0.2) is 18.0 Å². The fourth-order valence-corrected chi connectivity index (χ4v) is 4.29. The Kier molecular flexibility index (Phi) is 5.35. The van der Waals surface area contributed by atoms with Crippen molar-refractivity contribution in [1.82, 2.24) is 9.47 Å². The molecule has 3 rings (SSSR count). The van der Waals surface area contributed by atoms with Gasteiger partial charge in [0.2, 0.25) is 5.56 Å². The lowest BCUT2D eigenvalue weighted by Gasteiger charge is -2.47. The topological polar surface area (TPSA) is 42.1 Å². The van der Waals surface area contributed by atoms with Crippen LogP contribution in [0.5, 0.6) is 5.75 Å². The maximum atomic E-state index is 13.6. The number of alkyl halides is 6. The number of nitrogens with zero attached hydrogens (tertiary/aromatic N) is 1. The van der Waals surface area contributed by atoms with Crippen molar-refractivity contribution in [2.45, 2.75) is 45.1 Å². The van der Waals surface area contributed by atoms with Crippen LogP contribution in [0.2, 0.25) is 0 Å². The van der Waals surface area contributed by atoms with Crippen molar-refractivity contribution in [1.29, 1.82) is 0 Å². The van der Waals surface area contributed by atoms with Crippen LogP contribution >= 0.6 is 0 Å². The summed E-state index contributed by atoms with van der Waals surface area (Å²) in [4.78, 5) is 14.0. The number of benzene rings is 1. The molecule has 10 heteroatoms. The van der Waals surface area contributed by atoms with Crippen molar-refractivity contribution in [2.75, 3.05) is 19.7 Å². The van der Waals surface area contributed by atoms with E-state index in [9.17, 15) is 31.1 Å². The molecule has 0 spiro atoms. The largest absolute Gasteiger partial charge is 0.481 e. The molecule has 29 heavy (non-hydrogen) atoms. The van der Waals surface area contributed by atoms with Gasteiger partial charge in [0, 0.05) is 18.6 Å². The molecule has 1 aromatic carbocycles. The Morgan fingerprint density at radius 1 is 1.17 bits per heavy atom. The molecule has 0 amide bonds. The van der Waals surface area contributed by atoms with E-state index in [2.05, 4.69) is 4.98 Å². The number of pyridine rings is 1. The summed E-state index contributed by atoms with van der Waals surface area (Å²) in [6.45, 7) is 2.11. The number of halogens is 6. The molecule has 0 fully saturated rings. The highest BCUT2D eigenvalue weighted by Gasteiger charge is 2.51. The number of likely N-dealkylation sites (N-methyl/N-ethyl adjacent to an activating group) is 1. The molecule has 0 aliphatic carbocycles. The summed E-state index contributed by atoms with van der Waals surface area (Å²) >= 11 is 0. The summed E-state index contributed by atoms with van der Waals surface area (Å²) in [5, 5.41) is -0.414. The first-order chi connectivity index (χ1) is 13.4. The Labute approximate surface area is 162 Å². The molecule has 1 aliphatic rings. The van der Waals surface area contributed by atoms with Crippen molar-refractivity contribution in [2.24, 2.45) is 0 Å². The quantitative estimate of drug-likeness (QED) is 0.556. The van der Waals surface area contributed by atoms with Crippen molar-refractivity contribution in [3.05, 3.63) is 34.1 Å². The molecule has 1 N–H and O–H groups in total. The van der Waals surface area contributed by atoms with Gasteiger partial charge in [-0.15, -0.1) is 0 Å². The first-order valence-electron chi connectivity index (χ1n) is 9.27. The van der Waals surface area contributed by atoms with E-state index in [-0.39, 0.29) is 30.1 Å². The maximum absolute atomic E-state index is 13.6. The van der Waals surface area contributed by atoms with Crippen molar-refractivity contribution in [3.8, 4) is 5.75 Å². The van der Waals surface area contributed by atoms with Crippen LogP contribution in [0.3, 0.4) is 0 Å². The van der Waals surface area contributed by atoms with E-state index in [4.69, 9.17) is 4.74 Å². The van der Waals surface area contributed by atoms with Gasteiger partial charge in [-0.1, -0.05) is 13.3 Å². The second-order valence-corrected chi connectivity index (χ2v) is 7.26. The Morgan fingerprint density at radius 2 is 1.86 bits per heavy atom. The maximum Gasteiger partial charge on any atom is 0.438 e. The Hall–Kier alpha value is -2.23. The first kappa shape index (κ1) is 21.5. The summed E-state index contributed by atoms with van der Waals surface area (Å²) in [5.41, 5.74) is -2.24. The van der Waals surface area contributed by atoms with Crippen LogP contribution in [0.15, 0.2) is 23.0 Å². The highest BCUT2D eigenvalue weighted by Crippen LogP contribution is 2.49. The molecule has 0 bridgehead atoms. The van der Waals surface area contributed by atoms with E-state index in [1.807, 2.05) is 6.92 Å². The number of fused-ring (bicyclic) bond motifs is 3. The van der Waals surface area contributed by atoms with Crippen LogP contribution in [0.25, 0.3) is 10.9 Å². The van der Waals surface area contributed by atoms with Crippen molar-refractivity contribution in [3.63, 3.8) is 0 Å². The van der Waals surface area contributed by atoms with Crippen molar-refractivity contribution < 1.29 is 31.1 Å². The lowest BCUT2D eigenvalue weighted by atomic mass is 9.98. The average molecular weight is 423 g/mol. The third kappa shape index (κ3) is 3.82. The van der Waals surface area contributed by atoms with E-state index in [0.717, 1.165) is 0 Å². The SMILES string of the molecule is CCC[C@@H]1COc2c(ccc3[nH]c(=O)cc(C(F)(F)F)c23)[N@@+]1(CC)CC(F)(F)F. The molecule has 1 aromatic heterocycles. The average Bonchev–Trinajstić information content (AvgIpc) is 2.60. The standard InChI is InChI=1S/C19H20F6N2O2/c1-3-5-11-9-29-17-14(27(11,4-2)10-18(20,21)22)7-6-13-16(17)12(19(23,24)25)8-15(28)26-13/h6-8,11H,3-5,9-10H2,1-2H3/p+1/t11-,27+/m1/s1. The molecule has 0 saturated heterocycles. The number of aromatic nitrogens is 1. The van der Waals surface area contributed by atoms with Gasteiger partial charge in [0.05, 0.1) is 23.0 Å². The number of nitrogens with one attached hydrogen (secondary N) is 1. The van der Waals surface area contributed by atoms with Crippen LogP contribution in [-0.4, -0.2) is 36.9 Å². The van der Waals surface area contributed by atoms with Gasteiger partial charge in [-0.25, -0.2) is 0 Å². The highest BCUT2D eigenvalue weighted by molar-refractivity contribution is 5.94. The van der Waals surface area contributed by atoms with Gasteiger partial charge in [0.25, 0.3) is 0 Å². The highest BCUT2D eigenvalue weighted by atomic mass is 19.4. The smallest absolute Gasteiger partial charge is 0.438 e. The molecule has 2 atom stereocenters.